The number of ether oxygens (including phenoxy) is 3. The fourth-order valence-electron chi connectivity index (χ4n) is 3.47. The average molecular weight is 486 g/mol. The van der Waals surface area contributed by atoms with Gasteiger partial charge in [-0.2, -0.15) is 0 Å². The van der Waals surface area contributed by atoms with Crippen molar-refractivity contribution in [2.75, 3.05) is 6.61 Å². The van der Waals surface area contributed by atoms with Crippen LogP contribution < -0.4 is 25.1 Å². The van der Waals surface area contributed by atoms with E-state index in [1.807, 2.05) is 55.5 Å². The minimum atomic E-state index is -0.825. The van der Waals surface area contributed by atoms with Crippen molar-refractivity contribution in [3.05, 3.63) is 96.3 Å². The van der Waals surface area contributed by atoms with Crippen molar-refractivity contribution < 1.29 is 23.8 Å². The van der Waals surface area contributed by atoms with Gasteiger partial charge in [-0.05, 0) is 61.0 Å². The monoisotopic (exact) mass is 485 g/mol. The Balaban J connectivity index is 1.34. The molecule has 4 rings (SSSR count). The summed E-state index contributed by atoms with van der Waals surface area (Å²) in [5.41, 5.74) is 6.04. The standard InChI is InChI=1S/C28H27N3O5/c1-3-34-26-16-23(11-13-25(26)35-18-20-7-6-14-29-17-20)28(33)31-30-27(32)19(2)36-24-12-10-21-8-4-5-9-22(21)15-24/h4-17,19H,3,18H2,1-2H3,(H,30,32)(H,31,33). The summed E-state index contributed by atoms with van der Waals surface area (Å²) in [4.78, 5) is 29.2. The minimum Gasteiger partial charge on any atom is -0.490 e. The third-order valence-corrected chi connectivity index (χ3v) is 5.33. The summed E-state index contributed by atoms with van der Waals surface area (Å²) >= 11 is 0. The highest BCUT2D eigenvalue weighted by Crippen LogP contribution is 2.29. The number of pyridine rings is 1. The molecule has 8 nitrogen and oxygen atoms in total. The van der Waals surface area contributed by atoms with E-state index < -0.39 is 17.9 Å². The van der Waals surface area contributed by atoms with Crippen LogP contribution in [-0.2, 0) is 11.4 Å². The van der Waals surface area contributed by atoms with E-state index in [9.17, 15) is 9.59 Å². The van der Waals surface area contributed by atoms with Crippen LogP contribution in [0.2, 0.25) is 0 Å². The lowest BCUT2D eigenvalue weighted by molar-refractivity contribution is -0.128. The molecule has 0 spiro atoms. The van der Waals surface area contributed by atoms with Crippen molar-refractivity contribution in [3.8, 4) is 17.2 Å². The number of hydrogen-bond donors (Lipinski definition) is 2. The first-order chi connectivity index (χ1) is 17.5. The number of rotatable bonds is 9. The van der Waals surface area contributed by atoms with Gasteiger partial charge < -0.3 is 14.2 Å². The van der Waals surface area contributed by atoms with Crippen LogP contribution in [-0.4, -0.2) is 29.5 Å². The van der Waals surface area contributed by atoms with Crippen LogP contribution in [0.25, 0.3) is 10.8 Å². The van der Waals surface area contributed by atoms with Crippen LogP contribution in [0, 0.1) is 0 Å². The number of hydrogen-bond acceptors (Lipinski definition) is 6. The van der Waals surface area contributed by atoms with Crippen molar-refractivity contribution in [1.29, 1.82) is 0 Å². The third kappa shape index (κ3) is 6.29. The van der Waals surface area contributed by atoms with Gasteiger partial charge in [-0.25, -0.2) is 0 Å². The lowest BCUT2D eigenvalue weighted by atomic mass is 10.1. The highest BCUT2D eigenvalue weighted by atomic mass is 16.5. The van der Waals surface area contributed by atoms with Crippen molar-refractivity contribution in [1.82, 2.24) is 15.8 Å². The maximum Gasteiger partial charge on any atom is 0.279 e. The number of benzene rings is 3. The van der Waals surface area contributed by atoms with Gasteiger partial charge in [-0.15, -0.1) is 0 Å². The molecule has 2 amide bonds. The maximum absolute atomic E-state index is 12.7. The molecule has 8 heteroatoms. The van der Waals surface area contributed by atoms with E-state index in [1.165, 1.54) is 0 Å². The van der Waals surface area contributed by atoms with Gasteiger partial charge in [0.2, 0.25) is 0 Å². The van der Waals surface area contributed by atoms with Gasteiger partial charge in [0.15, 0.2) is 17.6 Å². The molecule has 0 aliphatic carbocycles. The highest BCUT2D eigenvalue weighted by molar-refractivity contribution is 5.96. The van der Waals surface area contributed by atoms with Gasteiger partial charge in [-0.1, -0.05) is 36.4 Å². The Labute approximate surface area is 209 Å². The molecule has 3 aromatic carbocycles. The van der Waals surface area contributed by atoms with Crippen molar-refractivity contribution in [2.24, 2.45) is 0 Å². The molecule has 4 aromatic rings. The van der Waals surface area contributed by atoms with Crippen molar-refractivity contribution in [2.45, 2.75) is 26.6 Å². The highest BCUT2D eigenvalue weighted by Gasteiger charge is 2.17. The lowest BCUT2D eigenvalue weighted by Gasteiger charge is -2.16. The zero-order valence-corrected chi connectivity index (χ0v) is 20.1. The summed E-state index contributed by atoms with van der Waals surface area (Å²) in [5.74, 6) is 0.497. The first-order valence-corrected chi connectivity index (χ1v) is 11.6. The second kappa shape index (κ2) is 11.7. The summed E-state index contributed by atoms with van der Waals surface area (Å²) in [6, 6.07) is 22.0. The second-order valence-electron chi connectivity index (χ2n) is 7.96. The predicted molar refractivity (Wildman–Crippen MR) is 136 cm³/mol. The molecule has 2 N–H and O–H groups in total. The van der Waals surface area contributed by atoms with Gasteiger partial charge in [0.1, 0.15) is 12.4 Å². The molecule has 0 saturated heterocycles. The van der Waals surface area contributed by atoms with Crippen molar-refractivity contribution in [3.63, 3.8) is 0 Å². The predicted octanol–water partition coefficient (Wildman–Crippen LogP) is 4.44. The number of nitrogens with one attached hydrogen (secondary N) is 2. The minimum absolute atomic E-state index is 0.301. The summed E-state index contributed by atoms with van der Waals surface area (Å²) in [6.45, 7) is 4.16. The Bertz CT molecular complexity index is 1340. The smallest absolute Gasteiger partial charge is 0.279 e. The lowest BCUT2D eigenvalue weighted by Crippen LogP contribution is -2.47. The molecule has 1 aromatic heterocycles. The van der Waals surface area contributed by atoms with Crippen LogP contribution in [0.5, 0.6) is 17.2 Å². The number of carbonyl (C=O) groups excluding carboxylic acids is 2. The van der Waals surface area contributed by atoms with Gasteiger partial charge in [0.05, 0.1) is 6.61 Å². The van der Waals surface area contributed by atoms with E-state index in [4.69, 9.17) is 14.2 Å². The summed E-state index contributed by atoms with van der Waals surface area (Å²) < 4.78 is 17.2. The molecule has 0 bridgehead atoms. The number of amides is 2. The number of nitrogens with zero attached hydrogens (tertiary/aromatic N) is 1. The Hall–Kier alpha value is -4.59. The second-order valence-corrected chi connectivity index (χ2v) is 7.96. The Kier molecular flexibility index (Phi) is 7.97. The summed E-state index contributed by atoms with van der Waals surface area (Å²) in [5, 5.41) is 2.09. The van der Waals surface area contributed by atoms with Crippen LogP contribution in [0.15, 0.2) is 85.2 Å². The fraction of sp³-hybridized carbons (Fsp3) is 0.179. The molecule has 0 aliphatic rings. The molecule has 184 valence electrons. The van der Waals surface area contributed by atoms with Crippen LogP contribution in [0.3, 0.4) is 0 Å². The van der Waals surface area contributed by atoms with Gasteiger partial charge in [0, 0.05) is 23.5 Å². The molecule has 36 heavy (non-hydrogen) atoms. The first-order valence-electron chi connectivity index (χ1n) is 11.6. The van der Waals surface area contributed by atoms with Gasteiger partial charge >= 0.3 is 0 Å². The number of fused-ring (bicyclic) bond motifs is 1. The van der Waals surface area contributed by atoms with Crippen molar-refractivity contribution >= 4 is 22.6 Å². The van der Waals surface area contributed by atoms with Crippen LogP contribution in [0.1, 0.15) is 29.8 Å². The van der Waals surface area contributed by atoms with E-state index in [0.717, 1.165) is 16.3 Å². The van der Waals surface area contributed by atoms with E-state index in [1.54, 1.807) is 43.6 Å². The van der Waals surface area contributed by atoms with Crippen LogP contribution >= 0.6 is 0 Å². The molecule has 1 heterocycles. The average Bonchev–Trinajstić information content (AvgIpc) is 2.91. The molecule has 0 aliphatic heterocycles. The number of aromatic nitrogens is 1. The van der Waals surface area contributed by atoms with Gasteiger partial charge in [0.25, 0.3) is 11.8 Å². The van der Waals surface area contributed by atoms with E-state index >= 15 is 0 Å². The van der Waals surface area contributed by atoms with E-state index in [0.29, 0.717) is 36.0 Å². The third-order valence-electron chi connectivity index (χ3n) is 5.33. The zero-order chi connectivity index (χ0) is 25.3. The van der Waals surface area contributed by atoms with E-state index in [2.05, 4.69) is 15.8 Å². The molecule has 1 unspecified atom stereocenters. The SMILES string of the molecule is CCOc1cc(C(=O)NNC(=O)C(C)Oc2ccc3ccccc3c2)ccc1OCc1cccnc1. The molecule has 0 saturated carbocycles. The Morgan fingerprint density at radius 3 is 2.50 bits per heavy atom. The van der Waals surface area contributed by atoms with E-state index in [-0.39, 0.29) is 0 Å². The topological polar surface area (TPSA) is 98.8 Å². The molecule has 0 fully saturated rings. The van der Waals surface area contributed by atoms with Crippen LogP contribution in [0.4, 0.5) is 0 Å². The summed E-state index contributed by atoms with van der Waals surface area (Å²) in [6.07, 6.45) is 2.58. The normalized spacial score (nSPS) is 11.4. The Morgan fingerprint density at radius 1 is 0.889 bits per heavy atom. The molecule has 1 atom stereocenters. The number of carbonyl (C=O) groups is 2. The summed E-state index contributed by atoms with van der Waals surface area (Å²) in [7, 11) is 0. The molecule has 0 radical (unpaired) electrons. The maximum atomic E-state index is 12.7. The van der Waals surface area contributed by atoms with Gasteiger partial charge in [-0.3, -0.25) is 25.4 Å². The largest absolute Gasteiger partial charge is 0.490 e. The Morgan fingerprint density at radius 2 is 1.72 bits per heavy atom. The molecular formula is C28H27N3O5. The fourth-order valence-corrected chi connectivity index (χ4v) is 3.47. The zero-order valence-electron chi connectivity index (χ0n) is 20.1. The number of hydrazine groups is 1. The first kappa shape index (κ1) is 24.5. The molecular weight excluding hydrogens is 458 g/mol. The quantitative estimate of drug-likeness (QED) is 0.340.